The molecule has 0 amide bonds. The Kier molecular flexibility index (Phi) is 4.84. The summed E-state index contributed by atoms with van der Waals surface area (Å²) in [6, 6.07) is 12.3. The van der Waals surface area contributed by atoms with Crippen molar-refractivity contribution in [3.8, 4) is 22.8 Å². The highest BCUT2D eigenvalue weighted by atomic mass is 19.2. The van der Waals surface area contributed by atoms with Gasteiger partial charge in [0.25, 0.3) is 0 Å². The summed E-state index contributed by atoms with van der Waals surface area (Å²) in [5.41, 5.74) is 3.43. The van der Waals surface area contributed by atoms with E-state index in [1.807, 2.05) is 0 Å². The van der Waals surface area contributed by atoms with Gasteiger partial charge in [0.2, 0.25) is 0 Å². The number of aromatic nitrogens is 4. The van der Waals surface area contributed by atoms with Crippen LogP contribution in [0, 0.1) is 11.6 Å². The first kappa shape index (κ1) is 18.6. The van der Waals surface area contributed by atoms with Crippen LogP contribution in [0.3, 0.4) is 0 Å². The molecule has 0 bridgehead atoms. The molecule has 1 saturated heterocycles. The zero-order chi connectivity index (χ0) is 20.5. The molecule has 0 atom stereocenters. The molecular formula is C22H19F2N5O. The molecule has 30 heavy (non-hydrogen) atoms. The molecule has 152 valence electrons. The van der Waals surface area contributed by atoms with Crippen LogP contribution in [0.15, 0.2) is 54.9 Å². The lowest BCUT2D eigenvalue weighted by Gasteiger charge is -2.28. The molecule has 0 saturated carbocycles. The van der Waals surface area contributed by atoms with E-state index in [2.05, 4.69) is 44.2 Å². The second-order valence-corrected chi connectivity index (χ2v) is 7.16. The minimum Gasteiger partial charge on any atom is -0.378 e. The lowest BCUT2D eigenvalue weighted by molar-refractivity contribution is 0.122. The Hall–Kier alpha value is -3.39. The number of fused-ring (bicyclic) bond motifs is 1. The van der Waals surface area contributed by atoms with Crippen LogP contribution in [0.25, 0.3) is 22.8 Å². The molecule has 1 fully saturated rings. The molecule has 5 rings (SSSR count). The summed E-state index contributed by atoms with van der Waals surface area (Å²) in [6.45, 7) is 3.87. The van der Waals surface area contributed by atoms with Crippen molar-refractivity contribution >= 4 is 5.69 Å². The summed E-state index contributed by atoms with van der Waals surface area (Å²) >= 11 is 0. The van der Waals surface area contributed by atoms with Crippen molar-refractivity contribution in [2.24, 2.45) is 0 Å². The van der Waals surface area contributed by atoms with Crippen LogP contribution < -0.4 is 4.90 Å². The number of imidazole rings is 1. The maximum Gasteiger partial charge on any atom is 0.169 e. The van der Waals surface area contributed by atoms with Crippen LogP contribution in [-0.4, -0.2) is 46.1 Å². The van der Waals surface area contributed by atoms with Crippen molar-refractivity contribution in [2.45, 2.75) is 6.54 Å². The lowest BCUT2D eigenvalue weighted by atomic mass is 10.2. The molecule has 3 aliphatic rings. The van der Waals surface area contributed by atoms with Crippen LogP contribution in [0.4, 0.5) is 14.5 Å². The number of benzene rings is 2. The predicted octanol–water partition coefficient (Wildman–Crippen LogP) is 3.61. The molecular weight excluding hydrogens is 388 g/mol. The monoisotopic (exact) mass is 407 g/mol. The Labute approximate surface area is 172 Å². The number of rotatable bonds is 4. The molecule has 3 heterocycles. The van der Waals surface area contributed by atoms with Crippen molar-refractivity contribution in [3.05, 3.63) is 72.1 Å². The lowest BCUT2D eigenvalue weighted by Crippen LogP contribution is -2.36. The minimum absolute atomic E-state index is 0.0384. The quantitative estimate of drug-likeness (QED) is 0.517. The van der Waals surface area contributed by atoms with Crippen LogP contribution >= 0.6 is 0 Å². The smallest absolute Gasteiger partial charge is 0.169 e. The van der Waals surface area contributed by atoms with Gasteiger partial charge >= 0.3 is 0 Å². The third kappa shape index (κ3) is 3.61. The highest BCUT2D eigenvalue weighted by molar-refractivity contribution is 5.65. The second-order valence-electron chi connectivity index (χ2n) is 7.16. The maximum atomic E-state index is 14.1. The molecule has 0 spiro atoms. The number of ether oxygens (including phenoxy) is 1. The first-order chi connectivity index (χ1) is 14.7. The van der Waals surface area contributed by atoms with Crippen molar-refractivity contribution < 1.29 is 13.5 Å². The van der Waals surface area contributed by atoms with Crippen molar-refractivity contribution in [1.29, 1.82) is 0 Å². The minimum atomic E-state index is -0.950. The molecule has 0 N–H and O–H groups in total. The van der Waals surface area contributed by atoms with Crippen molar-refractivity contribution in [1.82, 2.24) is 19.7 Å². The van der Waals surface area contributed by atoms with Crippen LogP contribution in [0.2, 0.25) is 0 Å². The fraction of sp³-hybridized carbons (Fsp3) is 0.227. The van der Waals surface area contributed by atoms with E-state index in [-0.39, 0.29) is 11.4 Å². The fourth-order valence-electron chi connectivity index (χ4n) is 3.57. The zero-order valence-corrected chi connectivity index (χ0v) is 16.1. The number of morpholine rings is 1. The second kappa shape index (κ2) is 7.79. The molecule has 0 radical (unpaired) electrons. The van der Waals surface area contributed by atoms with Gasteiger partial charge in [0.1, 0.15) is 11.4 Å². The van der Waals surface area contributed by atoms with E-state index in [1.165, 1.54) is 17.8 Å². The number of halogens is 2. The Morgan fingerprint density at radius 3 is 2.50 bits per heavy atom. The van der Waals surface area contributed by atoms with Gasteiger partial charge in [-0.05, 0) is 29.8 Å². The van der Waals surface area contributed by atoms with Gasteiger partial charge in [-0.15, -0.1) is 0 Å². The summed E-state index contributed by atoms with van der Waals surface area (Å²) in [6.07, 6.45) is 3.35. The Bertz CT molecular complexity index is 1140. The normalized spacial score (nSPS) is 14.4. The van der Waals surface area contributed by atoms with Crippen molar-refractivity contribution in [2.75, 3.05) is 31.2 Å². The molecule has 0 unspecified atom stereocenters. The Balaban J connectivity index is 1.36. The van der Waals surface area contributed by atoms with Crippen LogP contribution in [-0.2, 0) is 11.3 Å². The summed E-state index contributed by atoms with van der Waals surface area (Å²) in [5.74, 6) is -1.72. The Morgan fingerprint density at radius 2 is 1.70 bits per heavy atom. The highest BCUT2D eigenvalue weighted by Gasteiger charge is 2.18. The molecule has 8 heteroatoms. The molecule has 0 aromatic heterocycles. The summed E-state index contributed by atoms with van der Waals surface area (Å²) in [4.78, 5) is 11.0. The third-order valence-electron chi connectivity index (χ3n) is 5.16. The first-order valence-electron chi connectivity index (χ1n) is 9.73. The zero-order valence-electron chi connectivity index (χ0n) is 16.1. The Morgan fingerprint density at radius 1 is 0.933 bits per heavy atom. The van der Waals surface area contributed by atoms with Crippen LogP contribution in [0.1, 0.15) is 5.56 Å². The van der Waals surface area contributed by atoms with Gasteiger partial charge in [-0.25, -0.2) is 18.7 Å². The molecule has 2 aromatic carbocycles. The van der Waals surface area contributed by atoms with Gasteiger partial charge in [0.15, 0.2) is 17.5 Å². The van der Waals surface area contributed by atoms with E-state index in [4.69, 9.17) is 4.74 Å². The van der Waals surface area contributed by atoms with E-state index >= 15 is 0 Å². The first-order valence-corrected chi connectivity index (χ1v) is 9.73. The van der Waals surface area contributed by atoms with Gasteiger partial charge < -0.3 is 9.64 Å². The standard InChI is InChI=1S/C22H19F2N5O/c23-18-3-1-2-17(21(18)24)22-26-19-12-25-29(14-20(19)27-22)13-15-4-6-16(7-5-15)28-8-10-30-11-9-28/h1-7,12,14H,8-11,13H2. The average Bonchev–Trinajstić information content (AvgIpc) is 3.20. The van der Waals surface area contributed by atoms with E-state index in [0.29, 0.717) is 17.9 Å². The fourth-order valence-corrected chi connectivity index (χ4v) is 3.57. The number of hydrogen-bond donors (Lipinski definition) is 0. The molecule has 3 aliphatic heterocycles. The third-order valence-corrected chi connectivity index (χ3v) is 5.16. The van der Waals surface area contributed by atoms with Gasteiger partial charge in [-0.3, -0.25) is 4.68 Å². The maximum absolute atomic E-state index is 14.1. The van der Waals surface area contributed by atoms with Gasteiger partial charge in [-0.1, -0.05) is 18.2 Å². The largest absolute Gasteiger partial charge is 0.378 e. The number of anilines is 1. The van der Waals surface area contributed by atoms with E-state index in [1.54, 1.807) is 17.1 Å². The predicted molar refractivity (Wildman–Crippen MR) is 108 cm³/mol. The van der Waals surface area contributed by atoms with E-state index in [0.717, 1.165) is 37.9 Å². The van der Waals surface area contributed by atoms with Gasteiger partial charge in [0, 0.05) is 18.8 Å². The topological polar surface area (TPSA) is 56.1 Å². The number of hydrogen-bond acceptors (Lipinski definition) is 5. The summed E-state index contributed by atoms with van der Waals surface area (Å²) < 4.78 is 34.7. The van der Waals surface area contributed by atoms with Crippen LogP contribution in [0.5, 0.6) is 0 Å². The van der Waals surface area contributed by atoms with Gasteiger partial charge in [0.05, 0.1) is 37.7 Å². The summed E-state index contributed by atoms with van der Waals surface area (Å²) in [5, 5.41) is 4.38. The van der Waals surface area contributed by atoms with E-state index < -0.39 is 11.6 Å². The number of nitrogens with zero attached hydrogens (tertiary/aromatic N) is 5. The average molecular weight is 407 g/mol. The summed E-state index contributed by atoms with van der Waals surface area (Å²) in [7, 11) is 0. The molecule has 2 aromatic rings. The van der Waals surface area contributed by atoms with Crippen molar-refractivity contribution in [3.63, 3.8) is 0 Å². The molecule has 0 aliphatic carbocycles. The molecule has 6 nitrogen and oxygen atoms in total. The van der Waals surface area contributed by atoms with Gasteiger partial charge in [-0.2, -0.15) is 5.10 Å². The van der Waals surface area contributed by atoms with E-state index in [9.17, 15) is 8.78 Å². The SMILES string of the molecule is Fc1cccc(-c2nc3cnn(Cc4ccc(N5CCOCC5)cc4)cc-3n2)c1F. The highest BCUT2D eigenvalue weighted by Crippen LogP contribution is 2.27.